The van der Waals surface area contributed by atoms with E-state index in [1.807, 2.05) is 5.32 Å². The van der Waals surface area contributed by atoms with Crippen molar-refractivity contribution in [1.29, 1.82) is 0 Å². The molecule has 0 fully saturated rings. The van der Waals surface area contributed by atoms with Crippen LogP contribution in [0.3, 0.4) is 0 Å². The van der Waals surface area contributed by atoms with Crippen molar-refractivity contribution in [2.75, 3.05) is 6.61 Å². The summed E-state index contributed by atoms with van der Waals surface area (Å²) in [6, 6.07) is 3.85. The fourth-order valence-corrected chi connectivity index (χ4v) is 1.40. The minimum atomic E-state index is -0.958. The third kappa shape index (κ3) is 3.93. The Hall–Kier alpha value is -1.79. The predicted octanol–water partition coefficient (Wildman–Crippen LogP) is 0.406. The van der Waals surface area contributed by atoms with Crippen molar-refractivity contribution >= 4 is 23.5 Å². The van der Waals surface area contributed by atoms with Crippen molar-refractivity contribution in [2.45, 2.75) is 6.61 Å². The topological polar surface area (TPSA) is 102 Å². The van der Waals surface area contributed by atoms with Crippen molar-refractivity contribution in [2.24, 2.45) is 5.73 Å². The van der Waals surface area contributed by atoms with Crippen LogP contribution in [-0.2, 0) is 11.4 Å². The third-order valence-electron chi connectivity index (χ3n) is 1.83. The molecule has 0 aliphatic carbocycles. The number of hydrogen-bond acceptors (Lipinski definition) is 4. The van der Waals surface area contributed by atoms with E-state index in [1.165, 1.54) is 0 Å². The maximum absolute atomic E-state index is 11.1. The summed E-state index contributed by atoms with van der Waals surface area (Å²) in [6.07, 6.45) is 0. The predicted molar refractivity (Wildman–Crippen MR) is 60.6 cm³/mol. The van der Waals surface area contributed by atoms with Crippen molar-refractivity contribution in [3.63, 3.8) is 0 Å². The van der Waals surface area contributed by atoms with Crippen LogP contribution in [0.15, 0.2) is 18.2 Å². The number of aliphatic hydroxyl groups is 1. The lowest BCUT2D eigenvalue weighted by Crippen LogP contribution is -2.38. The van der Waals surface area contributed by atoms with Gasteiger partial charge < -0.3 is 15.6 Å². The summed E-state index contributed by atoms with van der Waals surface area (Å²) >= 11 is 5.84. The van der Waals surface area contributed by atoms with Crippen LogP contribution in [0.25, 0.3) is 0 Å². The van der Waals surface area contributed by atoms with Crippen molar-refractivity contribution in [3.05, 3.63) is 28.8 Å². The summed E-state index contributed by atoms with van der Waals surface area (Å²) in [4.78, 5) is 21.5. The van der Waals surface area contributed by atoms with Gasteiger partial charge in [-0.2, -0.15) is 0 Å². The maximum Gasteiger partial charge on any atom is 0.318 e. The van der Waals surface area contributed by atoms with E-state index >= 15 is 0 Å². The Morgan fingerprint density at radius 2 is 2.18 bits per heavy atom. The molecule has 92 valence electrons. The summed E-state index contributed by atoms with van der Waals surface area (Å²) in [5.74, 6) is -0.488. The molecule has 0 aromatic heterocycles. The van der Waals surface area contributed by atoms with Crippen LogP contribution in [0.5, 0.6) is 5.75 Å². The zero-order chi connectivity index (χ0) is 12.8. The molecule has 0 unspecified atom stereocenters. The number of amides is 3. The van der Waals surface area contributed by atoms with E-state index in [0.29, 0.717) is 5.56 Å². The Balaban J connectivity index is 2.68. The molecule has 0 heterocycles. The number of aliphatic hydroxyl groups excluding tert-OH is 1. The highest BCUT2D eigenvalue weighted by molar-refractivity contribution is 6.32. The van der Waals surface area contributed by atoms with Gasteiger partial charge in [-0.15, -0.1) is 0 Å². The smallest absolute Gasteiger partial charge is 0.318 e. The number of nitrogens with two attached hydrogens (primary N) is 1. The summed E-state index contributed by atoms with van der Waals surface area (Å²) in [5.41, 5.74) is 5.20. The van der Waals surface area contributed by atoms with E-state index in [0.717, 1.165) is 0 Å². The lowest BCUT2D eigenvalue weighted by Gasteiger charge is -2.10. The van der Waals surface area contributed by atoms with Crippen molar-refractivity contribution in [3.8, 4) is 5.75 Å². The minimum Gasteiger partial charge on any atom is -0.482 e. The van der Waals surface area contributed by atoms with Crippen LogP contribution in [0, 0.1) is 0 Å². The molecular weight excluding hydrogens is 248 g/mol. The molecule has 7 heteroatoms. The molecule has 0 aliphatic rings. The summed E-state index contributed by atoms with van der Waals surface area (Å²) in [5, 5.41) is 11.1. The Morgan fingerprint density at radius 3 is 2.76 bits per heavy atom. The highest BCUT2D eigenvalue weighted by Crippen LogP contribution is 2.28. The number of carbonyl (C=O) groups is 2. The zero-order valence-electron chi connectivity index (χ0n) is 8.77. The quantitative estimate of drug-likeness (QED) is 0.728. The number of hydrogen-bond donors (Lipinski definition) is 3. The first-order valence-electron chi connectivity index (χ1n) is 4.65. The molecule has 6 nitrogen and oxygen atoms in total. The molecule has 0 saturated heterocycles. The molecular formula is C10H11ClN2O4. The van der Waals surface area contributed by atoms with E-state index in [1.54, 1.807) is 18.2 Å². The Kier molecular flexibility index (Phi) is 4.74. The van der Waals surface area contributed by atoms with Crippen LogP contribution in [-0.4, -0.2) is 23.7 Å². The van der Waals surface area contributed by atoms with Crippen LogP contribution in [0.2, 0.25) is 5.02 Å². The second kappa shape index (κ2) is 6.07. The molecule has 0 saturated carbocycles. The van der Waals surface area contributed by atoms with Gasteiger partial charge in [-0.3, -0.25) is 10.1 Å². The van der Waals surface area contributed by atoms with E-state index in [4.69, 9.17) is 27.2 Å². The molecule has 0 radical (unpaired) electrons. The molecule has 0 atom stereocenters. The fraction of sp³-hybridized carbons (Fsp3) is 0.200. The van der Waals surface area contributed by atoms with Crippen LogP contribution in [0.1, 0.15) is 5.56 Å². The Labute approximate surface area is 102 Å². The molecule has 1 aromatic carbocycles. The standard InChI is InChI=1S/C10H11ClN2O4/c11-7-3-1-2-6(4-14)9(7)17-5-8(15)13-10(12)16/h1-3,14H,4-5H2,(H3,12,13,15,16). The van der Waals surface area contributed by atoms with Gasteiger partial charge in [0, 0.05) is 5.56 Å². The largest absolute Gasteiger partial charge is 0.482 e. The Bertz CT molecular complexity index is 436. The number of primary amides is 1. The number of para-hydroxylation sites is 1. The zero-order valence-corrected chi connectivity index (χ0v) is 9.53. The van der Waals surface area contributed by atoms with Crippen LogP contribution < -0.4 is 15.8 Å². The molecule has 0 bridgehead atoms. The van der Waals surface area contributed by atoms with Gasteiger partial charge in [0.2, 0.25) is 0 Å². The first kappa shape index (κ1) is 13.3. The molecule has 17 heavy (non-hydrogen) atoms. The van der Waals surface area contributed by atoms with Crippen LogP contribution in [0.4, 0.5) is 4.79 Å². The summed E-state index contributed by atoms with van der Waals surface area (Å²) in [6.45, 7) is -0.687. The number of rotatable bonds is 4. The summed E-state index contributed by atoms with van der Waals surface area (Å²) < 4.78 is 5.11. The van der Waals surface area contributed by atoms with Crippen molar-refractivity contribution < 1.29 is 19.4 Å². The van der Waals surface area contributed by atoms with Gasteiger partial charge in [0.25, 0.3) is 5.91 Å². The van der Waals surface area contributed by atoms with E-state index in [2.05, 4.69) is 0 Å². The minimum absolute atomic E-state index is 0.205. The third-order valence-corrected chi connectivity index (χ3v) is 2.13. The lowest BCUT2D eigenvalue weighted by atomic mass is 10.2. The van der Waals surface area contributed by atoms with Gasteiger partial charge in [-0.1, -0.05) is 23.7 Å². The molecule has 0 aliphatic heterocycles. The molecule has 1 aromatic rings. The first-order chi connectivity index (χ1) is 8.04. The van der Waals surface area contributed by atoms with Crippen molar-refractivity contribution in [1.82, 2.24) is 5.32 Å². The second-order valence-corrected chi connectivity index (χ2v) is 3.49. The SMILES string of the molecule is NC(=O)NC(=O)COc1c(Cl)cccc1CO. The average molecular weight is 259 g/mol. The fourth-order valence-electron chi connectivity index (χ4n) is 1.15. The molecule has 4 N–H and O–H groups in total. The van der Waals surface area contributed by atoms with Crippen LogP contribution >= 0.6 is 11.6 Å². The number of nitrogens with one attached hydrogen (secondary N) is 1. The van der Waals surface area contributed by atoms with Gasteiger partial charge in [-0.25, -0.2) is 4.79 Å². The van der Waals surface area contributed by atoms with E-state index in [-0.39, 0.29) is 17.4 Å². The average Bonchev–Trinajstić information content (AvgIpc) is 2.26. The normalized spacial score (nSPS) is 9.76. The molecule has 0 spiro atoms. The van der Waals surface area contributed by atoms with Gasteiger partial charge in [0.1, 0.15) is 5.75 Å². The van der Waals surface area contributed by atoms with Gasteiger partial charge in [0.15, 0.2) is 6.61 Å². The highest BCUT2D eigenvalue weighted by atomic mass is 35.5. The number of carbonyl (C=O) groups excluding carboxylic acids is 2. The second-order valence-electron chi connectivity index (χ2n) is 3.09. The lowest BCUT2D eigenvalue weighted by molar-refractivity contribution is -0.121. The highest BCUT2D eigenvalue weighted by Gasteiger charge is 2.10. The van der Waals surface area contributed by atoms with E-state index in [9.17, 15) is 9.59 Å². The monoisotopic (exact) mass is 258 g/mol. The van der Waals surface area contributed by atoms with Gasteiger partial charge in [-0.05, 0) is 6.07 Å². The number of urea groups is 1. The number of benzene rings is 1. The Morgan fingerprint density at radius 1 is 1.47 bits per heavy atom. The number of imide groups is 1. The summed E-state index contributed by atoms with van der Waals surface area (Å²) in [7, 11) is 0. The first-order valence-corrected chi connectivity index (χ1v) is 5.02. The number of ether oxygens (including phenoxy) is 1. The molecule has 1 rings (SSSR count). The maximum atomic E-state index is 11.1. The van der Waals surface area contributed by atoms with Gasteiger partial charge >= 0.3 is 6.03 Å². The van der Waals surface area contributed by atoms with E-state index < -0.39 is 18.5 Å². The molecule has 3 amide bonds. The number of halogens is 1. The van der Waals surface area contributed by atoms with Gasteiger partial charge in [0.05, 0.1) is 11.6 Å².